The minimum atomic E-state index is 0.0428. The third kappa shape index (κ3) is 2.99. The molecule has 4 nitrogen and oxygen atoms in total. The zero-order valence-corrected chi connectivity index (χ0v) is 16.1. The van der Waals surface area contributed by atoms with Gasteiger partial charge in [-0.1, -0.05) is 23.4 Å². The number of carbonyl (C=O) groups excluding carboxylic acids is 1. The summed E-state index contributed by atoms with van der Waals surface area (Å²) in [7, 11) is 0. The van der Waals surface area contributed by atoms with Crippen LogP contribution in [-0.2, 0) is 5.41 Å². The van der Waals surface area contributed by atoms with Gasteiger partial charge in [-0.3, -0.25) is 4.79 Å². The van der Waals surface area contributed by atoms with E-state index in [1.165, 1.54) is 50.3 Å². The first-order valence-corrected chi connectivity index (χ1v) is 10.7. The number of Topliss-reactive ketones (excluding diaryl/α,β-unsaturated/α-hetero) is 1. The van der Waals surface area contributed by atoms with Gasteiger partial charge in [-0.15, -0.1) is 10.2 Å². The molecular formula is C20H21ClN2O2S. The maximum absolute atomic E-state index is 12.3. The summed E-state index contributed by atoms with van der Waals surface area (Å²) in [6.07, 6.45) is 7.79. The lowest BCUT2D eigenvalue weighted by molar-refractivity contribution is -0.0191. The van der Waals surface area contributed by atoms with Gasteiger partial charge in [-0.25, -0.2) is 0 Å². The molecule has 0 atom stereocenters. The van der Waals surface area contributed by atoms with Crippen molar-refractivity contribution >= 4 is 29.1 Å². The number of hydrogen-bond donors (Lipinski definition) is 0. The lowest BCUT2D eigenvalue weighted by atomic mass is 9.49. The first kappa shape index (κ1) is 16.8. The highest BCUT2D eigenvalue weighted by Gasteiger charge is 2.54. The normalized spacial score (nSPS) is 32.1. The third-order valence-electron chi connectivity index (χ3n) is 6.39. The Bertz CT molecular complexity index is 797. The van der Waals surface area contributed by atoms with Crippen LogP contribution < -0.4 is 0 Å². The van der Waals surface area contributed by atoms with Crippen molar-refractivity contribution in [3.8, 4) is 0 Å². The van der Waals surface area contributed by atoms with Crippen LogP contribution in [0.2, 0.25) is 5.02 Å². The summed E-state index contributed by atoms with van der Waals surface area (Å²) in [6.45, 7) is 0. The fraction of sp³-hybridized carbons (Fsp3) is 0.550. The Morgan fingerprint density at radius 1 is 1.08 bits per heavy atom. The third-order valence-corrected chi connectivity index (χ3v) is 7.46. The molecule has 26 heavy (non-hydrogen) atoms. The van der Waals surface area contributed by atoms with Crippen LogP contribution in [0.1, 0.15) is 54.8 Å². The quantitative estimate of drug-likeness (QED) is 0.522. The van der Waals surface area contributed by atoms with E-state index in [4.69, 9.17) is 16.0 Å². The highest BCUT2D eigenvalue weighted by molar-refractivity contribution is 7.99. The van der Waals surface area contributed by atoms with Crippen LogP contribution >= 0.6 is 23.4 Å². The topological polar surface area (TPSA) is 56.0 Å². The second-order valence-corrected chi connectivity index (χ2v) is 9.65. The summed E-state index contributed by atoms with van der Waals surface area (Å²) in [5.74, 6) is 3.69. The number of carbonyl (C=O) groups is 1. The summed E-state index contributed by atoms with van der Waals surface area (Å²) < 4.78 is 6.04. The monoisotopic (exact) mass is 388 g/mol. The highest BCUT2D eigenvalue weighted by atomic mass is 35.5. The Morgan fingerprint density at radius 2 is 1.69 bits per heavy atom. The lowest BCUT2D eigenvalue weighted by Crippen LogP contribution is -2.48. The van der Waals surface area contributed by atoms with Gasteiger partial charge in [0, 0.05) is 16.0 Å². The average molecular weight is 389 g/mol. The molecule has 0 radical (unpaired) electrons. The molecule has 2 aromatic rings. The van der Waals surface area contributed by atoms with E-state index in [-0.39, 0.29) is 11.2 Å². The van der Waals surface area contributed by atoms with Crippen molar-refractivity contribution in [1.29, 1.82) is 0 Å². The molecule has 0 saturated heterocycles. The number of benzene rings is 1. The molecule has 4 saturated carbocycles. The minimum absolute atomic E-state index is 0.0428. The first-order chi connectivity index (χ1) is 12.6. The molecule has 0 aliphatic heterocycles. The molecule has 4 bridgehead atoms. The smallest absolute Gasteiger partial charge is 0.277 e. The average Bonchev–Trinajstić information content (AvgIpc) is 3.09. The Hall–Kier alpha value is -1.33. The van der Waals surface area contributed by atoms with Gasteiger partial charge in [0.15, 0.2) is 5.78 Å². The van der Waals surface area contributed by atoms with E-state index in [2.05, 4.69) is 10.2 Å². The van der Waals surface area contributed by atoms with Gasteiger partial charge < -0.3 is 4.42 Å². The van der Waals surface area contributed by atoms with Gasteiger partial charge in [-0.05, 0) is 80.5 Å². The summed E-state index contributed by atoms with van der Waals surface area (Å²) >= 11 is 7.20. The van der Waals surface area contributed by atoms with E-state index in [0.29, 0.717) is 21.6 Å². The number of thioether (sulfide) groups is 1. The number of ketones is 1. The summed E-state index contributed by atoms with van der Waals surface area (Å²) in [5, 5.41) is 9.77. The summed E-state index contributed by atoms with van der Waals surface area (Å²) in [6, 6.07) is 6.97. The van der Waals surface area contributed by atoms with E-state index in [0.717, 1.165) is 23.6 Å². The van der Waals surface area contributed by atoms with Gasteiger partial charge in [0.05, 0.1) is 5.75 Å². The molecule has 1 heterocycles. The standard InChI is InChI=1S/C20H21ClN2O2S/c21-16-3-1-15(2-4-16)17(24)11-26-19-23-22-18(25-19)20-8-12-5-13(9-20)7-14(6-12)10-20/h1-4,12-14H,5-11H2. The zero-order chi connectivity index (χ0) is 17.7. The van der Waals surface area contributed by atoms with Crippen molar-refractivity contribution in [3.63, 3.8) is 0 Å². The Balaban J connectivity index is 1.27. The van der Waals surface area contributed by atoms with Crippen molar-refractivity contribution in [2.75, 3.05) is 5.75 Å². The van der Waals surface area contributed by atoms with E-state index < -0.39 is 0 Å². The largest absolute Gasteiger partial charge is 0.415 e. The predicted molar refractivity (Wildman–Crippen MR) is 101 cm³/mol. The van der Waals surface area contributed by atoms with Crippen LogP contribution in [0.4, 0.5) is 0 Å². The summed E-state index contributed by atoms with van der Waals surface area (Å²) in [5.41, 5.74) is 0.767. The van der Waals surface area contributed by atoms with Crippen LogP contribution in [0.3, 0.4) is 0 Å². The molecule has 1 aromatic heterocycles. The molecule has 0 amide bonds. The van der Waals surface area contributed by atoms with Gasteiger partial charge in [0.1, 0.15) is 0 Å². The number of halogens is 1. The fourth-order valence-corrected chi connectivity index (χ4v) is 6.49. The molecule has 1 aromatic carbocycles. The second kappa shape index (κ2) is 6.38. The molecule has 6 rings (SSSR count). The Kier molecular flexibility index (Phi) is 4.13. The number of rotatable bonds is 5. The van der Waals surface area contributed by atoms with Crippen LogP contribution in [0.25, 0.3) is 0 Å². The van der Waals surface area contributed by atoms with Gasteiger partial charge in [-0.2, -0.15) is 0 Å². The first-order valence-electron chi connectivity index (χ1n) is 9.35. The molecule has 4 aliphatic carbocycles. The minimum Gasteiger partial charge on any atom is -0.415 e. The summed E-state index contributed by atoms with van der Waals surface area (Å²) in [4.78, 5) is 12.3. The predicted octanol–water partition coefficient (Wildman–Crippen LogP) is 5.17. The second-order valence-electron chi connectivity index (χ2n) is 8.29. The molecule has 136 valence electrons. The number of aromatic nitrogens is 2. The number of nitrogens with zero attached hydrogens (tertiary/aromatic N) is 2. The highest BCUT2D eigenvalue weighted by Crippen LogP contribution is 2.60. The van der Waals surface area contributed by atoms with E-state index in [1.807, 2.05) is 0 Å². The van der Waals surface area contributed by atoms with Crippen LogP contribution in [0, 0.1) is 17.8 Å². The van der Waals surface area contributed by atoms with Gasteiger partial charge >= 0.3 is 0 Å². The fourth-order valence-electron chi connectivity index (χ4n) is 5.70. The van der Waals surface area contributed by atoms with Crippen LogP contribution in [-0.4, -0.2) is 21.7 Å². The van der Waals surface area contributed by atoms with Gasteiger partial charge in [0.2, 0.25) is 5.89 Å². The molecular weight excluding hydrogens is 368 g/mol. The number of hydrogen-bond acceptors (Lipinski definition) is 5. The molecule has 4 aliphatic rings. The lowest BCUT2D eigenvalue weighted by Gasteiger charge is -2.55. The SMILES string of the molecule is O=C(CSc1nnc(C23CC4CC(CC(C4)C2)C3)o1)c1ccc(Cl)cc1. The Morgan fingerprint density at radius 3 is 2.31 bits per heavy atom. The molecule has 6 heteroatoms. The maximum atomic E-state index is 12.3. The van der Waals surface area contributed by atoms with Crippen LogP contribution in [0.15, 0.2) is 33.9 Å². The van der Waals surface area contributed by atoms with Gasteiger partial charge in [0.25, 0.3) is 5.22 Å². The maximum Gasteiger partial charge on any atom is 0.277 e. The molecule has 0 N–H and O–H groups in total. The Labute approximate surface area is 162 Å². The van der Waals surface area contributed by atoms with Crippen LogP contribution in [0.5, 0.6) is 0 Å². The van der Waals surface area contributed by atoms with Crippen molar-refractivity contribution in [3.05, 3.63) is 40.7 Å². The van der Waals surface area contributed by atoms with E-state index in [9.17, 15) is 4.79 Å². The molecule has 4 fully saturated rings. The van der Waals surface area contributed by atoms with Crippen molar-refractivity contribution in [1.82, 2.24) is 10.2 Å². The van der Waals surface area contributed by atoms with E-state index >= 15 is 0 Å². The van der Waals surface area contributed by atoms with E-state index in [1.54, 1.807) is 24.3 Å². The van der Waals surface area contributed by atoms with Crippen molar-refractivity contribution < 1.29 is 9.21 Å². The molecule has 0 unspecified atom stereocenters. The molecule has 0 spiro atoms. The van der Waals surface area contributed by atoms with Crippen molar-refractivity contribution in [2.24, 2.45) is 17.8 Å². The zero-order valence-electron chi connectivity index (χ0n) is 14.5. The van der Waals surface area contributed by atoms with Crippen molar-refractivity contribution in [2.45, 2.75) is 49.2 Å².